The second-order valence-electron chi connectivity index (χ2n) is 6.18. The molecule has 1 aromatic carbocycles. The molecule has 0 saturated heterocycles. The zero-order valence-electron chi connectivity index (χ0n) is 14.3. The van der Waals surface area contributed by atoms with Crippen LogP contribution in [-0.2, 0) is 6.54 Å². The number of nitrogens with one attached hydrogen (secondary N) is 2. The van der Waals surface area contributed by atoms with Crippen LogP contribution in [0.2, 0.25) is 0 Å². The first-order chi connectivity index (χ1) is 11.1. The van der Waals surface area contributed by atoms with Gasteiger partial charge in [0.05, 0.1) is 17.0 Å². The first-order valence-electron chi connectivity index (χ1n) is 8.37. The van der Waals surface area contributed by atoms with Gasteiger partial charge in [-0.1, -0.05) is 25.1 Å². The summed E-state index contributed by atoms with van der Waals surface area (Å²) in [5.74, 6) is 1.55. The molecule has 1 aromatic rings. The molecule has 1 saturated carbocycles. The second kappa shape index (κ2) is 10.5. The lowest BCUT2D eigenvalue weighted by molar-refractivity contribution is -0.385. The fourth-order valence-electron chi connectivity index (χ4n) is 2.90. The zero-order chi connectivity index (χ0) is 16.7. The van der Waals surface area contributed by atoms with E-state index >= 15 is 0 Å². The van der Waals surface area contributed by atoms with Gasteiger partial charge in [-0.15, -0.1) is 24.0 Å². The summed E-state index contributed by atoms with van der Waals surface area (Å²) >= 11 is 0. The minimum Gasteiger partial charge on any atom is -0.357 e. The number of guanidine groups is 1. The molecule has 0 spiro atoms. The van der Waals surface area contributed by atoms with Crippen molar-refractivity contribution < 1.29 is 4.92 Å². The number of benzene rings is 1. The van der Waals surface area contributed by atoms with Crippen molar-refractivity contribution >= 4 is 35.6 Å². The maximum Gasteiger partial charge on any atom is 0.274 e. The topological polar surface area (TPSA) is 79.6 Å². The van der Waals surface area contributed by atoms with Gasteiger partial charge >= 0.3 is 0 Å². The van der Waals surface area contributed by atoms with Crippen molar-refractivity contribution in [3.63, 3.8) is 0 Å². The summed E-state index contributed by atoms with van der Waals surface area (Å²) in [7, 11) is 0. The van der Waals surface area contributed by atoms with Crippen LogP contribution in [0.1, 0.15) is 45.1 Å². The Morgan fingerprint density at radius 3 is 2.58 bits per heavy atom. The third-order valence-electron chi connectivity index (χ3n) is 4.30. The summed E-state index contributed by atoms with van der Waals surface area (Å²) in [5, 5.41) is 17.8. The monoisotopic (exact) mass is 446 g/mol. The lowest BCUT2D eigenvalue weighted by Gasteiger charge is -2.28. The number of nitro benzene ring substituents is 1. The number of aliphatic imine (C=N–C) groups is 1. The highest BCUT2D eigenvalue weighted by Crippen LogP contribution is 2.23. The Morgan fingerprint density at radius 1 is 1.29 bits per heavy atom. The third kappa shape index (κ3) is 6.26. The Kier molecular flexibility index (Phi) is 9.02. The van der Waals surface area contributed by atoms with E-state index in [1.807, 2.05) is 6.92 Å². The highest BCUT2D eigenvalue weighted by Gasteiger charge is 2.19. The Labute approximate surface area is 160 Å². The lowest BCUT2D eigenvalue weighted by Crippen LogP contribution is -2.44. The number of rotatable bonds is 5. The van der Waals surface area contributed by atoms with E-state index in [2.05, 4.69) is 22.5 Å². The second-order valence-corrected chi connectivity index (χ2v) is 6.18. The lowest BCUT2D eigenvalue weighted by atomic mass is 9.87. The molecule has 6 nitrogen and oxygen atoms in total. The van der Waals surface area contributed by atoms with Crippen LogP contribution in [0.4, 0.5) is 5.69 Å². The van der Waals surface area contributed by atoms with Crippen LogP contribution >= 0.6 is 24.0 Å². The summed E-state index contributed by atoms with van der Waals surface area (Å²) < 4.78 is 0. The highest BCUT2D eigenvalue weighted by atomic mass is 127. The maximum absolute atomic E-state index is 11.1. The largest absolute Gasteiger partial charge is 0.357 e. The summed E-state index contributed by atoms with van der Waals surface area (Å²) in [6, 6.07) is 7.20. The van der Waals surface area contributed by atoms with Crippen LogP contribution in [0.25, 0.3) is 0 Å². The van der Waals surface area contributed by atoms with Gasteiger partial charge in [-0.25, -0.2) is 4.99 Å². The summed E-state index contributed by atoms with van der Waals surface area (Å²) in [5.41, 5.74) is 0.755. The molecular formula is C17H27IN4O2. The van der Waals surface area contributed by atoms with Gasteiger partial charge in [-0.2, -0.15) is 0 Å². The van der Waals surface area contributed by atoms with E-state index in [-0.39, 0.29) is 34.6 Å². The van der Waals surface area contributed by atoms with Crippen LogP contribution in [-0.4, -0.2) is 23.5 Å². The van der Waals surface area contributed by atoms with E-state index in [0.29, 0.717) is 18.2 Å². The van der Waals surface area contributed by atoms with Crippen molar-refractivity contribution in [2.24, 2.45) is 10.9 Å². The van der Waals surface area contributed by atoms with Crippen molar-refractivity contribution in [3.8, 4) is 0 Å². The molecule has 0 amide bonds. The van der Waals surface area contributed by atoms with Gasteiger partial charge in [0, 0.05) is 18.7 Å². The molecular weight excluding hydrogens is 419 g/mol. The van der Waals surface area contributed by atoms with Gasteiger partial charge in [-0.3, -0.25) is 10.1 Å². The van der Waals surface area contributed by atoms with Gasteiger partial charge in [0.25, 0.3) is 5.69 Å². The van der Waals surface area contributed by atoms with Crippen molar-refractivity contribution in [1.82, 2.24) is 10.6 Å². The quantitative estimate of drug-likeness (QED) is 0.237. The molecule has 0 bridgehead atoms. The maximum atomic E-state index is 11.1. The van der Waals surface area contributed by atoms with E-state index in [1.54, 1.807) is 18.2 Å². The number of nitrogens with zero attached hydrogens (tertiary/aromatic N) is 2. The average molecular weight is 446 g/mol. The van der Waals surface area contributed by atoms with E-state index in [9.17, 15) is 10.1 Å². The average Bonchev–Trinajstić information content (AvgIpc) is 2.55. The Hall–Kier alpha value is -1.38. The molecule has 0 aromatic heterocycles. The van der Waals surface area contributed by atoms with Gasteiger partial charge in [-0.05, 0) is 38.5 Å². The molecule has 0 radical (unpaired) electrons. The molecule has 1 aliphatic rings. The summed E-state index contributed by atoms with van der Waals surface area (Å²) in [6.45, 7) is 5.39. The number of para-hydroxylation sites is 1. The standard InChI is InChI=1S/C17H26N4O2.HI/c1-3-18-17(20-15-10-8-13(2)9-11-15)19-12-14-6-4-5-7-16(14)21(22)23;/h4-7,13,15H,3,8-12H2,1-2H3,(H2,18,19,20);1H. The fraction of sp³-hybridized carbons (Fsp3) is 0.588. The van der Waals surface area contributed by atoms with Gasteiger partial charge in [0.1, 0.15) is 0 Å². The predicted molar refractivity (Wildman–Crippen MR) is 108 cm³/mol. The SMILES string of the molecule is CCNC(=NCc1ccccc1[N+](=O)[O-])NC1CCC(C)CC1.I. The Balaban J connectivity index is 0.00000288. The number of halogens is 1. The van der Waals surface area contributed by atoms with E-state index in [1.165, 1.54) is 18.9 Å². The summed E-state index contributed by atoms with van der Waals surface area (Å²) in [4.78, 5) is 15.2. The molecule has 7 heteroatoms. The minimum absolute atomic E-state index is 0. The highest BCUT2D eigenvalue weighted by molar-refractivity contribution is 14.0. The van der Waals surface area contributed by atoms with Crippen LogP contribution in [0.3, 0.4) is 0 Å². The molecule has 0 aliphatic heterocycles. The molecule has 2 rings (SSSR count). The Bertz CT molecular complexity index is 557. The van der Waals surface area contributed by atoms with Crippen molar-refractivity contribution in [2.75, 3.05) is 6.54 Å². The summed E-state index contributed by atoms with van der Waals surface area (Å²) in [6.07, 6.45) is 4.77. The van der Waals surface area contributed by atoms with Crippen LogP contribution in [0, 0.1) is 16.0 Å². The molecule has 24 heavy (non-hydrogen) atoms. The zero-order valence-corrected chi connectivity index (χ0v) is 16.7. The smallest absolute Gasteiger partial charge is 0.274 e. The molecule has 0 heterocycles. The fourth-order valence-corrected chi connectivity index (χ4v) is 2.90. The Morgan fingerprint density at radius 2 is 1.96 bits per heavy atom. The molecule has 2 N–H and O–H groups in total. The molecule has 1 aliphatic carbocycles. The predicted octanol–water partition coefficient (Wildman–Crippen LogP) is 3.85. The van der Waals surface area contributed by atoms with Crippen LogP contribution in [0.15, 0.2) is 29.3 Å². The van der Waals surface area contributed by atoms with Crippen molar-refractivity contribution in [2.45, 2.75) is 52.1 Å². The van der Waals surface area contributed by atoms with Gasteiger partial charge in [0.15, 0.2) is 5.96 Å². The number of nitro groups is 1. The van der Waals surface area contributed by atoms with Gasteiger partial charge < -0.3 is 10.6 Å². The third-order valence-corrected chi connectivity index (χ3v) is 4.30. The molecule has 0 unspecified atom stereocenters. The molecule has 1 fully saturated rings. The van der Waals surface area contributed by atoms with E-state index < -0.39 is 0 Å². The van der Waals surface area contributed by atoms with Gasteiger partial charge in [0.2, 0.25) is 0 Å². The van der Waals surface area contributed by atoms with Crippen molar-refractivity contribution in [3.05, 3.63) is 39.9 Å². The van der Waals surface area contributed by atoms with Crippen molar-refractivity contribution in [1.29, 1.82) is 0 Å². The first kappa shape index (κ1) is 20.7. The molecule has 134 valence electrons. The van der Waals surface area contributed by atoms with Crippen LogP contribution < -0.4 is 10.6 Å². The van der Waals surface area contributed by atoms with E-state index in [0.717, 1.165) is 31.3 Å². The normalized spacial score (nSPS) is 20.8. The molecule has 0 atom stereocenters. The first-order valence-corrected chi connectivity index (χ1v) is 8.37. The van der Waals surface area contributed by atoms with Crippen LogP contribution in [0.5, 0.6) is 0 Å². The van der Waals surface area contributed by atoms with E-state index in [4.69, 9.17) is 0 Å². The number of hydrogen-bond donors (Lipinski definition) is 2. The number of hydrogen-bond acceptors (Lipinski definition) is 3. The minimum atomic E-state index is -0.353.